The molecule has 266 valence electrons. The number of likely N-dealkylation sites (tertiary alicyclic amines) is 2. The highest BCUT2D eigenvalue weighted by atomic mass is 16.5. The molecule has 2 aliphatic heterocycles. The Hall–Kier alpha value is -3.35. The number of ether oxygens (including phenoxy) is 1. The van der Waals surface area contributed by atoms with Crippen molar-refractivity contribution in [3.63, 3.8) is 0 Å². The number of nitrogens with zero attached hydrogens (tertiary/aromatic N) is 2. The lowest BCUT2D eigenvalue weighted by Crippen LogP contribution is -2.55. The summed E-state index contributed by atoms with van der Waals surface area (Å²) in [6, 6.07) is -0.886. The molecule has 2 heterocycles. The summed E-state index contributed by atoms with van der Waals surface area (Å²) in [5, 5.41) is 8.52. The second kappa shape index (κ2) is 17.7. The van der Waals surface area contributed by atoms with Crippen molar-refractivity contribution in [3.05, 3.63) is 0 Å². The van der Waals surface area contributed by atoms with Crippen molar-refractivity contribution in [2.24, 2.45) is 17.8 Å². The van der Waals surface area contributed by atoms with Gasteiger partial charge < -0.3 is 20.7 Å². The van der Waals surface area contributed by atoms with E-state index in [1.807, 2.05) is 48.5 Å². The molecule has 4 atom stereocenters. The summed E-state index contributed by atoms with van der Waals surface area (Å²) in [6.07, 6.45) is 3.28. The molecule has 13 heteroatoms. The van der Waals surface area contributed by atoms with E-state index in [0.29, 0.717) is 19.4 Å². The first kappa shape index (κ1) is 39.8. The highest BCUT2D eigenvalue weighted by molar-refractivity contribution is 6.04. The molecule has 0 aromatic carbocycles. The molecule has 0 bridgehead atoms. The van der Waals surface area contributed by atoms with Crippen molar-refractivity contribution in [1.29, 1.82) is 0 Å². The van der Waals surface area contributed by atoms with E-state index in [1.165, 1.54) is 0 Å². The highest BCUT2D eigenvalue weighted by Crippen LogP contribution is 2.29. The summed E-state index contributed by atoms with van der Waals surface area (Å²) in [5.41, 5.74) is -1.13. The third kappa shape index (κ3) is 13.0. The second-order valence-corrected chi connectivity index (χ2v) is 14.7. The van der Waals surface area contributed by atoms with Crippen LogP contribution >= 0.6 is 0 Å². The van der Waals surface area contributed by atoms with Gasteiger partial charge in [0.1, 0.15) is 6.04 Å². The maximum absolute atomic E-state index is 13.4. The molecular weight excluding hydrogens is 606 g/mol. The van der Waals surface area contributed by atoms with Gasteiger partial charge in [-0.3, -0.25) is 43.4 Å². The molecule has 47 heavy (non-hydrogen) atoms. The minimum Gasteiger partial charge on any atom is -0.373 e. The van der Waals surface area contributed by atoms with E-state index in [0.717, 1.165) is 22.6 Å². The van der Waals surface area contributed by atoms with Crippen molar-refractivity contribution in [1.82, 2.24) is 25.8 Å². The van der Waals surface area contributed by atoms with Crippen LogP contribution in [0.4, 0.5) is 0 Å². The third-order valence-electron chi connectivity index (χ3n) is 8.53. The van der Waals surface area contributed by atoms with Gasteiger partial charge in [0.25, 0.3) is 0 Å². The van der Waals surface area contributed by atoms with Crippen LogP contribution in [0.3, 0.4) is 0 Å². The van der Waals surface area contributed by atoms with E-state index in [4.69, 9.17) is 4.74 Å². The Kier molecular flexibility index (Phi) is 15.0. The molecule has 2 fully saturated rings. The molecule has 0 aliphatic carbocycles. The SMILES string of the molecule is CCCC(C)C1CC(=O)N(CCC(=O)NC(CCCCNC(=O)CCN2C(=O)CC(C)C2=O)C(=O)NC(C)(C)COC(C)(C)C)C1=O. The van der Waals surface area contributed by atoms with Gasteiger partial charge in [0, 0.05) is 57.2 Å². The fraction of sp³-hybridized carbons (Fsp3) is 0.794. The van der Waals surface area contributed by atoms with E-state index in [1.54, 1.807) is 6.92 Å². The normalized spacial score (nSPS) is 20.1. The Bertz CT molecular complexity index is 1160. The Balaban J connectivity index is 1.92. The molecule has 13 nitrogen and oxygen atoms in total. The van der Waals surface area contributed by atoms with Crippen LogP contribution in [0.15, 0.2) is 0 Å². The largest absolute Gasteiger partial charge is 0.373 e. The fourth-order valence-corrected chi connectivity index (χ4v) is 5.73. The number of carbonyl (C=O) groups excluding carboxylic acids is 7. The predicted octanol–water partition coefficient (Wildman–Crippen LogP) is 2.45. The lowest BCUT2D eigenvalue weighted by molar-refractivity contribution is -0.142. The number of rotatable bonds is 19. The minimum absolute atomic E-state index is 0.0112. The van der Waals surface area contributed by atoms with Crippen molar-refractivity contribution in [2.75, 3.05) is 26.2 Å². The second-order valence-electron chi connectivity index (χ2n) is 14.7. The van der Waals surface area contributed by atoms with Crippen LogP contribution < -0.4 is 16.0 Å². The van der Waals surface area contributed by atoms with Crippen LogP contribution in [-0.2, 0) is 38.3 Å². The lowest BCUT2D eigenvalue weighted by atomic mass is 9.89. The summed E-state index contributed by atoms with van der Waals surface area (Å²) in [4.78, 5) is 90.5. The van der Waals surface area contributed by atoms with Crippen LogP contribution in [0.25, 0.3) is 0 Å². The van der Waals surface area contributed by atoms with Gasteiger partial charge in [-0.25, -0.2) is 0 Å². The molecule has 2 rings (SSSR count). The summed E-state index contributed by atoms with van der Waals surface area (Å²) < 4.78 is 5.86. The molecule has 3 N–H and O–H groups in total. The Labute approximate surface area is 279 Å². The van der Waals surface area contributed by atoms with Gasteiger partial charge in [-0.1, -0.05) is 33.6 Å². The van der Waals surface area contributed by atoms with Gasteiger partial charge in [0.2, 0.25) is 41.4 Å². The average molecular weight is 664 g/mol. The van der Waals surface area contributed by atoms with E-state index >= 15 is 0 Å². The Morgan fingerprint density at radius 1 is 0.872 bits per heavy atom. The molecule has 4 unspecified atom stereocenters. The van der Waals surface area contributed by atoms with Gasteiger partial charge in [0.15, 0.2) is 0 Å². The molecular formula is C34H57N5O8. The Morgan fingerprint density at radius 3 is 2.04 bits per heavy atom. The van der Waals surface area contributed by atoms with Gasteiger partial charge in [0.05, 0.1) is 17.7 Å². The van der Waals surface area contributed by atoms with Crippen LogP contribution in [0.1, 0.15) is 113 Å². The molecule has 0 spiro atoms. The molecule has 2 aliphatic rings. The monoisotopic (exact) mass is 663 g/mol. The summed E-state index contributed by atoms with van der Waals surface area (Å²) >= 11 is 0. The molecule has 0 saturated carbocycles. The molecule has 7 amide bonds. The zero-order chi connectivity index (χ0) is 35.5. The molecule has 0 aromatic rings. The standard InChI is InChI=1S/C34H57N5O8/c1-9-12-22(2)24-20-29(43)39(32(24)46)18-15-27(41)36-25(30(44)37-34(7,8)21-47-33(4,5)6)13-10-11-16-35-26(40)14-17-38-28(42)19-23(3)31(38)45/h22-25H,9-21H2,1-8H3,(H,35,40)(H,36,41)(H,37,44). The van der Waals surface area contributed by atoms with E-state index in [9.17, 15) is 33.6 Å². The fourth-order valence-electron chi connectivity index (χ4n) is 5.73. The van der Waals surface area contributed by atoms with Crippen LogP contribution in [0, 0.1) is 17.8 Å². The number of carbonyl (C=O) groups is 7. The third-order valence-corrected chi connectivity index (χ3v) is 8.53. The van der Waals surface area contributed by atoms with Gasteiger partial charge >= 0.3 is 0 Å². The number of hydrogen-bond donors (Lipinski definition) is 3. The smallest absolute Gasteiger partial charge is 0.243 e. The zero-order valence-electron chi connectivity index (χ0n) is 29.7. The van der Waals surface area contributed by atoms with Gasteiger partial charge in [-0.2, -0.15) is 0 Å². The molecule has 0 radical (unpaired) electrons. The van der Waals surface area contributed by atoms with Crippen LogP contribution in [0.2, 0.25) is 0 Å². The maximum atomic E-state index is 13.4. The predicted molar refractivity (Wildman–Crippen MR) is 175 cm³/mol. The van der Waals surface area contributed by atoms with Crippen molar-refractivity contribution < 1.29 is 38.3 Å². The van der Waals surface area contributed by atoms with Crippen molar-refractivity contribution in [3.8, 4) is 0 Å². The first-order valence-electron chi connectivity index (χ1n) is 17.1. The topological polar surface area (TPSA) is 171 Å². The minimum atomic E-state index is -0.886. The number of amides is 7. The van der Waals surface area contributed by atoms with Crippen LogP contribution in [-0.4, -0.2) is 94.6 Å². The number of unbranched alkanes of at least 4 members (excludes halogenated alkanes) is 1. The quantitative estimate of drug-likeness (QED) is 0.140. The van der Waals surface area contributed by atoms with E-state index < -0.39 is 23.1 Å². The van der Waals surface area contributed by atoms with E-state index in [2.05, 4.69) is 16.0 Å². The Morgan fingerprint density at radius 2 is 1.47 bits per heavy atom. The first-order valence-corrected chi connectivity index (χ1v) is 17.1. The van der Waals surface area contributed by atoms with Gasteiger partial charge in [-0.15, -0.1) is 0 Å². The number of hydrogen-bond acceptors (Lipinski definition) is 8. The number of nitrogens with one attached hydrogen (secondary N) is 3. The lowest BCUT2D eigenvalue weighted by Gasteiger charge is -2.32. The maximum Gasteiger partial charge on any atom is 0.243 e. The van der Waals surface area contributed by atoms with Crippen LogP contribution in [0.5, 0.6) is 0 Å². The molecule has 2 saturated heterocycles. The average Bonchev–Trinajstić information content (AvgIpc) is 3.39. The van der Waals surface area contributed by atoms with E-state index in [-0.39, 0.29) is 105 Å². The zero-order valence-corrected chi connectivity index (χ0v) is 29.7. The highest BCUT2D eigenvalue weighted by Gasteiger charge is 2.41. The summed E-state index contributed by atoms with van der Waals surface area (Å²) in [7, 11) is 0. The number of imide groups is 2. The van der Waals surface area contributed by atoms with Crippen molar-refractivity contribution in [2.45, 2.75) is 130 Å². The molecule has 0 aromatic heterocycles. The first-order chi connectivity index (χ1) is 21.8. The summed E-state index contributed by atoms with van der Waals surface area (Å²) in [5.74, 6) is -2.80. The van der Waals surface area contributed by atoms with Gasteiger partial charge in [-0.05, 0) is 59.8 Å². The summed E-state index contributed by atoms with van der Waals surface area (Å²) in [6.45, 7) is 15.7. The van der Waals surface area contributed by atoms with Crippen molar-refractivity contribution >= 4 is 41.4 Å².